The van der Waals surface area contributed by atoms with Crippen LogP contribution in [-0.4, -0.2) is 10.0 Å². The fraction of sp³-hybridized carbons (Fsp3) is 0.0769. The Labute approximate surface area is 108 Å². The van der Waals surface area contributed by atoms with Crippen LogP contribution in [0, 0.1) is 15.9 Å². The molecule has 5 nitrogen and oxygen atoms in total. The monoisotopic (exact) mass is 263 g/mol. The summed E-state index contributed by atoms with van der Waals surface area (Å²) in [4.78, 5) is 10.1. The van der Waals surface area contributed by atoms with Crippen molar-refractivity contribution in [2.75, 3.05) is 0 Å². The lowest BCUT2D eigenvalue weighted by Crippen LogP contribution is -1.94. The molecule has 0 unspecified atom stereocenters. The highest BCUT2D eigenvalue weighted by molar-refractivity contribution is 5.48. The van der Waals surface area contributed by atoms with Crippen molar-refractivity contribution >= 4 is 5.69 Å². The minimum absolute atomic E-state index is 0.0388. The van der Waals surface area contributed by atoms with Crippen molar-refractivity contribution < 1.29 is 19.2 Å². The topological polar surface area (TPSA) is 72.6 Å². The Kier molecular flexibility index (Phi) is 3.72. The van der Waals surface area contributed by atoms with Crippen molar-refractivity contribution in [2.45, 2.75) is 6.61 Å². The molecule has 19 heavy (non-hydrogen) atoms. The van der Waals surface area contributed by atoms with Gasteiger partial charge in [0.15, 0.2) is 0 Å². The molecule has 2 aromatic rings. The number of nitro benzene ring substituents is 1. The Bertz CT molecular complexity index is 598. The summed E-state index contributed by atoms with van der Waals surface area (Å²) in [5.74, 6) is -0.371. The van der Waals surface area contributed by atoms with Gasteiger partial charge in [-0.2, -0.15) is 0 Å². The molecular weight excluding hydrogens is 253 g/mol. The van der Waals surface area contributed by atoms with Crippen LogP contribution in [0.5, 0.6) is 11.5 Å². The highest BCUT2D eigenvalue weighted by atomic mass is 19.1. The van der Waals surface area contributed by atoms with Crippen molar-refractivity contribution in [3.63, 3.8) is 0 Å². The zero-order chi connectivity index (χ0) is 13.8. The number of ether oxygens (including phenoxy) is 1. The van der Waals surface area contributed by atoms with Crippen LogP contribution in [0.15, 0.2) is 42.5 Å². The van der Waals surface area contributed by atoms with E-state index in [9.17, 15) is 14.5 Å². The molecule has 0 amide bonds. The van der Waals surface area contributed by atoms with Crippen molar-refractivity contribution in [1.29, 1.82) is 0 Å². The number of hydrogen-bond acceptors (Lipinski definition) is 4. The maximum atomic E-state index is 13.0. The number of aliphatic hydroxyl groups excluding tert-OH is 1. The predicted octanol–water partition coefficient (Wildman–Crippen LogP) is 3.02. The van der Waals surface area contributed by atoms with E-state index < -0.39 is 16.4 Å². The largest absolute Gasteiger partial charge is 0.450 e. The Hall–Kier alpha value is -2.47. The number of halogens is 1. The van der Waals surface area contributed by atoms with Crippen LogP contribution in [0.4, 0.5) is 10.1 Å². The molecule has 0 saturated heterocycles. The Morgan fingerprint density at radius 3 is 2.47 bits per heavy atom. The third-order valence-electron chi connectivity index (χ3n) is 2.45. The van der Waals surface area contributed by atoms with Crippen LogP contribution < -0.4 is 4.74 Å². The van der Waals surface area contributed by atoms with Crippen LogP contribution in [-0.2, 0) is 6.61 Å². The molecule has 0 spiro atoms. The molecule has 0 fully saturated rings. The van der Waals surface area contributed by atoms with Crippen molar-refractivity contribution in [3.8, 4) is 11.5 Å². The van der Waals surface area contributed by atoms with E-state index in [1.54, 1.807) is 24.3 Å². The van der Waals surface area contributed by atoms with E-state index in [0.29, 0.717) is 11.3 Å². The van der Waals surface area contributed by atoms with E-state index in [4.69, 9.17) is 9.84 Å². The fourth-order valence-corrected chi connectivity index (χ4v) is 1.51. The summed E-state index contributed by atoms with van der Waals surface area (Å²) >= 11 is 0. The second kappa shape index (κ2) is 5.45. The van der Waals surface area contributed by atoms with E-state index in [2.05, 4.69) is 0 Å². The average Bonchev–Trinajstić information content (AvgIpc) is 2.41. The first-order valence-corrected chi connectivity index (χ1v) is 5.42. The lowest BCUT2D eigenvalue weighted by Gasteiger charge is -2.06. The van der Waals surface area contributed by atoms with Gasteiger partial charge in [0.05, 0.1) is 17.6 Å². The Morgan fingerprint density at radius 1 is 1.21 bits per heavy atom. The highest BCUT2D eigenvalue weighted by Crippen LogP contribution is 2.31. The molecule has 0 radical (unpaired) electrons. The van der Waals surface area contributed by atoms with E-state index in [-0.39, 0.29) is 12.4 Å². The summed E-state index contributed by atoms with van der Waals surface area (Å²) < 4.78 is 18.3. The Morgan fingerprint density at radius 2 is 1.89 bits per heavy atom. The third kappa shape index (κ3) is 3.05. The summed E-state index contributed by atoms with van der Waals surface area (Å²) in [6, 6.07) is 9.49. The maximum absolute atomic E-state index is 13.0. The van der Waals surface area contributed by atoms with Crippen LogP contribution in [0.1, 0.15) is 5.56 Å². The minimum Gasteiger partial charge on any atom is -0.450 e. The number of nitrogens with zero attached hydrogens (tertiary/aromatic N) is 1. The quantitative estimate of drug-likeness (QED) is 0.679. The van der Waals surface area contributed by atoms with Crippen LogP contribution in [0.2, 0.25) is 0 Å². The molecule has 2 rings (SSSR count). The SMILES string of the molecule is O=[N+]([O-])c1cc(F)ccc1Oc1ccc(CO)cc1. The lowest BCUT2D eigenvalue weighted by molar-refractivity contribution is -0.385. The van der Waals surface area contributed by atoms with Crippen LogP contribution >= 0.6 is 0 Å². The first-order chi connectivity index (χ1) is 9.10. The average molecular weight is 263 g/mol. The summed E-state index contributed by atoms with van der Waals surface area (Å²) in [5.41, 5.74) is 0.257. The molecule has 1 N–H and O–H groups in total. The van der Waals surface area contributed by atoms with Gasteiger partial charge >= 0.3 is 5.69 Å². The molecule has 0 aromatic heterocycles. The summed E-state index contributed by atoms with van der Waals surface area (Å²) in [7, 11) is 0. The number of nitro groups is 1. The predicted molar refractivity (Wildman–Crippen MR) is 65.5 cm³/mol. The van der Waals surface area contributed by atoms with Gasteiger partial charge in [-0.3, -0.25) is 10.1 Å². The highest BCUT2D eigenvalue weighted by Gasteiger charge is 2.16. The minimum atomic E-state index is -0.708. The van der Waals surface area contributed by atoms with E-state index in [1.165, 1.54) is 6.07 Å². The molecule has 0 heterocycles. The lowest BCUT2D eigenvalue weighted by atomic mass is 10.2. The van der Waals surface area contributed by atoms with Gasteiger partial charge in [-0.25, -0.2) is 4.39 Å². The normalized spacial score (nSPS) is 10.2. The second-order valence-electron chi connectivity index (χ2n) is 3.77. The Balaban J connectivity index is 2.29. The zero-order valence-corrected chi connectivity index (χ0v) is 9.75. The van der Waals surface area contributed by atoms with Gasteiger partial charge in [0.1, 0.15) is 11.6 Å². The van der Waals surface area contributed by atoms with Gasteiger partial charge < -0.3 is 9.84 Å². The first-order valence-electron chi connectivity index (χ1n) is 5.42. The van der Waals surface area contributed by atoms with E-state index in [1.807, 2.05) is 0 Å². The van der Waals surface area contributed by atoms with E-state index >= 15 is 0 Å². The molecule has 0 saturated carbocycles. The molecule has 0 aliphatic heterocycles. The van der Waals surface area contributed by atoms with Gasteiger partial charge in [0.2, 0.25) is 5.75 Å². The van der Waals surface area contributed by atoms with Crippen molar-refractivity contribution in [3.05, 3.63) is 64.0 Å². The standard InChI is InChI=1S/C13H10FNO4/c14-10-3-6-13(12(7-10)15(17)18)19-11-4-1-9(8-16)2-5-11/h1-7,16H,8H2. The van der Waals surface area contributed by atoms with Gasteiger partial charge in [0, 0.05) is 0 Å². The molecule has 6 heteroatoms. The molecule has 2 aromatic carbocycles. The zero-order valence-electron chi connectivity index (χ0n) is 9.75. The fourth-order valence-electron chi connectivity index (χ4n) is 1.51. The van der Waals surface area contributed by atoms with Gasteiger partial charge in [-0.05, 0) is 29.8 Å². The number of benzene rings is 2. The molecule has 0 aliphatic rings. The number of rotatable bonds is 4. The van der Waals surface area contributed by atoms with E-state index in [0.717, 1.165) is 12.1 Å². The van der Waals surface area contributed by atoms with Crippen molar-refractivity contribution in [2.24, 2.45) is 0 Å². The van der Waals surface area contributed by atoms with Gasteiger partial charge in [-0.1, -0.05) is 12.1 Å². The summed E-state index contributed by atoms with van der Waals surface area (Å²) in [5, 5.41) is 19.7. The van der Waals surface area contributed by atoms with Crippen molar-refractivity contribution in [1.82, 2.24) is 0 Å². The second-order valence-corrected chi connectivity index (χ2v) is 3.77. The summed E-state index contributed by atoms with van der Waals surface area (Å²) in [6.45, 7) is -0.100. The third-order valence-corrected chi connectivity index (χ3v) is 2.45. The maximum Gasteiger partial charge on any atom is 0.314 e. The van der Waals surface area contributed by atoms with Crippen LogP contribution in [0.25, 0.3) is 0 Å². The first kappa shape index (κ1) is 13.0. The van der Waals surface area contributed by atoms with Gasteiger partial charge in [0.25, 0.3) is 0 Å². The van der Waals surface area contributed by atoms with Crippen LogP contribution in [0.3, 0.4) is 0 Å². The number of hydrogen-bond donors (Lipinski definition) is 1. The molecule has 98 valence electrons. The molecular formula is C13H10FNO4. The molecule has 0 atom stereocenters. The molecule has 0 aliphatic carbocycles. The summed E-state index contributed by atoms with van der Waals surface area (Å²) in [6.07, 6.45) is 0. The number of aliphatic hydroxyl groups is 1. The molecule has 0 bridgehead atoms. The smallest absolute Gasteiger partial charge is 0.314 e. The van der Waals surface area contributed by atoms with Gasteiger partial charge in [-0.15, -0.1) is 0 Å².